The maximum atomic E-state index is 11.8. The first-order chi connectivity index (χ1) is 9.42. The minimum absolute atomic E-state index is 0.168. The van der Waals surface area contributed by atoms with Gasteiger partial charge in [-0.25, -0.2) is 0 Å². The average Bonchev–Trinajstić information content (AvgIpc) is 2.46. The van der Waals surface area contributed by atoms with E-state index in [9.17, 15) is 4.79 Å². The predicted octanol–water partition coefficient (Wildman–Crippen LogP) is 2.29. The molecule has 20 heavy (non-hydrogen) atoms. The Morgan fingerprint density at radius 3 is 2.45 bits per heavy atom. The molecule has 1 atom stereocenters. The van der Waals surface area contributed by atoms with Gasteiger partial charge in [0.15, 0.2) is 0 Å². The molecule has 0 aromatic heterocycles. The monoisotopic (exact) mass is 284 g/mol. The molecule has 1 saturated heterocycles. The summed E-state index contributed by atoms with van der Waals surface area (Å²) in [4.78, 5) is 14.3. The van der Waals surface area contributed by atoms with Gasteiger partial charge in [0.25, 0.3) is 0 Å². The van der Waals surface area contributed by atoms with E-state index in [0.29, 0.717) is 0 Å². The van der Waals surface area contributed by atoms with Crippen LogP contribution in [0.2, 0.25) is 0 Å². The lowest BCUT2D eigenvalue weighted by Crippen LogP contribution is -2.48. The summed E-state index contributed by atoms with van der Waals surface area (Å²) < 4.78 is 4.87. The topological polar surface area (TPSA) is 41.6 Å². The van der Waals surface area contributed by atoms with Crippen LogP contribution in [0.25, 0.3) is 0 Å². The van der Waals surface area contributed by atoms with Crippen molar-refractivity contribution in [2.75, 3.05) is 33.8 Å². The van der Waals surface area contributed by atoms with Crippen LogP contribution in [0.15, 0.2) is 0 Å². The molecular weight excluding hydrogens is 252 g/mol. The Labute approximate surface area is 124 Å². The van der Waals surface area contributed by atoms with Gasteiger partial charge in [-0.2, -0.15) is 0 Å². The van der Waals surface area contributed by atoms with Crippen LogP contribution in [0.5, 0.6) is 0 Å². The largest absolute Gasteiger partial charge is 0.468 e. The Morgan fingerprint density at radius 2 is 2.00 bits per heavy atom. The fraction of sp³-hybridized carbons (Fsp3) is 0.938. The molecule has 0 aromatic carbocycles. The number of esters is 1. The molecule has 118 valence electrons. The van der Waals surface area contributed by atoms with Crippen LogP contribution in [0.3, 0.4) is 0 Å². The highest BCUT2D eigenvalue weighted by Crippen LogP contribution is 2.24. The fourth-order valence-electron chi connectivity index (χ4n) is 3.05. The van der Waals surface area contributed by atoms with Crippen LogP contribution >= 0.6 is 0 Å². The average molecular weight is 284 g/mol. The zero-order chi connectivity index (χ0) is 15.2. The molecule has 0 aliphatic carbocycles. The summed E-state index contributed by atoms with van der Waals surface area (Å²) in [7, 11) is 3.28. The zero-order valence-corrected chi connectivity index (χ0v) is 13.9. The van der Waals surface area contributed by atoms with Crippen molar-refractivity contribution in [3.63, 3.8) is 0 Å². The van der Waals surface area contributed by atoms with Crippen molar-refractivity contribution in [3.05, 3.63) is 0 Å². The minimum Gasteiger partial charge on any atom is -0.468 e. The summed E-state index contributed by atoms with van der Waals surface area (Å²) in [6, 6.07) is 0. The molecule has 0 aromatic rings. The van der Waals surface area contributed by atoms with Crippen LogP contribution in [-0.2, 0) is 9.53 Å². The molecule has 1 N–H and O–H groups in total. The highest BCUT2D eigenvalue weighted by atomic mass is 16.5. The van der Waals surface area contributed by atoms with Crippen molar-refractivity contribution in [2.24, 2.45) is 11.8 Å². The number of hydrogen-bond donors (Lipinski definition) is 1. The van der Waals surface area contributed by atoms with Crippen molar-refractivity contribution < 1.29 is 9.53 Å². The Morgan fingerprint density at radius 1 is 1.40 bits per heavy atom. The number of likely N-dealkylation sites (N-methyl/N-ethyl adjacent to an activating group) is 1. The number of rotatable bonds is 7. The summed E-state index contributed by atoms with van der Waals surface area (Å²) >= 11 is 0. The number of likely N-dealkylation sites (tertiary alicyclic amines) is 1. The number of methoxy groups -OCH3 is 1. The van der Waals surface area contributed by atoms with E-state index < -0.39 is 5.54 Å². The van der Waals surface area contributed by atoms with Crippen LogP contribution in [0.4, 0.5) is 0 Å². The molecule has 0 saturated carbocycles. The van der Waals surface area contributed by atoms with Gasteiger partial charge in [0, 0.05) is 0 Å². The first-order valence-electron chi connectivity index (χ1n) is 7.92. The quantitative estimate of drug-likeness (QED) is 0.728. The molecule has 1 unspecified atom stereocenters. The summed E-state index contributed by atoms with van der Waals surface area (Å²) in [6.45, 7) is 10.1. The molecule has 0 amide bonds. The van der Waals surface area contributed by atoms with Crippen LogP contribution in [-0.4, -0.2) is 50.2 Å². The number of ether oxygens (including phenoxy) is 1. The van der Waals surface area contributed by atoms with Gasteiger partial charge in [0.2, 0.25) is 0 Å². The first-order valence-corrected chi connectivity index (χ1v) is 7.92. The molecule has 1 fully saturated rings. The van der Waals surface area contributed by atoms with Crippen molar-refractivity contribution in [3.8, 4) is 0 Å². The van der Waals surface area contributed by atoms with Gasteiger partial charge in [-0.3, -0.25) is 4.79 Å². The lowest BCUT2D eigenvalue weighted by atomic mass is 9.86. The van der Waals surface area contributed by atoms with Crippen molar-refractivity contribution in [2.45, 2.75) is 52.0 Å². The van der Waals surface area contributed by atoms with E-state index in [1.807, 2.05) is 14.0 Å². The molecule has 1 aliphatic rings. The van der Waals surface area contributed by atoms with E-state index in [2.05, 4.69) is 24.1 Å². The highest BCUT2D eigenvalue weighted by molar-refractivity contribution is 5.80. The van der Waals surface area contributed by atoms with Crippen LogP contribution in [0, 0.1) is 11.8 Å². The summed E-state index contributed by atoms with van der Waals surface area (Å²) in [5.74, 6) is 1.53. The molecule has 4 nitrogen and oxygen atoms in total. The lowest BCUT2D eigenvalue weighted by molar-refractivity contribution is -0.148. The molecular formula is C16H32N2O2. The normalized spacial score (nSPS) is 20.9. The van der Waals surface area contributed by atoms with Crippen molar-refractivity contribution in [1.82, 2.24) is 10.2 Å². The van der Waals surface area contributed by atoms with Gasteiger partial charge in [-0.1, -0.05) is 13.8 Å². The van der Waals surface area contributed by atoms with E-state index in [1.165, 1.54) is 33.0 Å². The second-order valence-corrected chi connectivity index (χ2v) is 6.60. The van der Waals surface area contributed by atoms with E-state index in [4.69, 9.17) is 4.74 Å². The molecule has 1 aliphatic heterocycles. The number of hydrogen-bond acceptors (Lipinski definition) is 4. The Balaban J connectivity index is 2.29. The third-order valence-electron chi connectivity index (χ3n) is 4.91. The number of carbonyl (C=O) groups is 1. The molecule has 0 bridgehead atoms. The lowest BCUT2D eigenvalue weighted by Gasteiger charge is -2.34. The minimum atomic E-state index is -0.551. The summed E-state index contributed by atoms with van der Waals surface area (Å²) in [5.41, 5.74) is -0.551. The van der Waals surface area contributed by atoms with Gasteiger partial charge >= 0.3 is 5.97 Å². The third kappa shape index (κ3) is 4.74. The molecule has 4 heteroatoms. The first kappa shape index (κ1) is 17.4. The molecule has 1 heterocycles. The number of piperidine rings is 1. The molecule has 0 spiro atoms. The van der Waals surface area contributed by atoms with Gasteiger partial charge in [-0.15, -0.1) is 0 Å². The summed E-state index contributed by atoms with van der Waals surface area (Å²) in [6.07, 6.45) is 4.48. The van der Waals surface area contributed by atoms with Crippen LogP contribution < -0.4 is 5.32 Å². The number of nitrogens with zero attached hydrogens (tertiary/aromatic N) is 1. The molecule has 1 rings (SSSR count). The highest BCUT2D eigenvalue weighted by Gasteiger charge is 2.32. The molecule has 0 radical (unpaired) electrons. The second kappa shape index (κ2) is 7.99. The zero-order valence-electron chi connectivity index (χ0n) is 13.9. The number of carbonyl (C=O) groups excluding carboxylic acids is 1. The van der Waals surface area contributed by atoms with Gasteiger partial charge in [0.1, 0.15) is 5.54 Å². The van der Waals surface area contributed by atoms with Gasteiger partial charge in [0.05, 0.1) is 7.11 Å². The maximum Gasteiger partial charge on any atom is 0.325 e. The standard InChI is InChI=1S/C16H32N2O2/c1-13(2)14-7-11-18(12-8-14)10-6-9-16(3,17-4)15(19)20-5/h13-14,17H,6-12H2,1-5H3. The maximum absolute atomic E-state index is 11.8. The van der Waals surface area contributed by atoms with Crippen molar-refractivity contribution >= 4 is 5.97 Å². The number of nitrogens with one attached hydrogen (secondary N) is 1. The van der Waals surface area contributed by atoms with Crippen molar-refractivity contribution in [1.29, 1.82) is 0 Å². The Hall–Kier alpha value is -0.610. The van der Waals surface area contributed by atoms with E-state index in [1.54, 1.807) is 0 Å². The van der Waals surface area contributed by atoms with Gasteiger partial charge in [-0.05, 0) is 71.1 Å². The summed E-state index contributed by atoms with van der Waals surface area (Å²) in [5, 5.41) is 3.10. The Bertz CT molecular complexity index is 299. The Kier molecular flexibility index (Phi) is 6.96. The fourth-order valence-corrected chi connectivity index (χ4v) is 3.05. The van der Waals surface area contributed by atoms with E-state index >= 15 is 0 Å². The van der Waals surface area contributed by atoms with Crippen LogP contribution in [0.1, 0.15) is 46.5 Å². The second-order valence-electron chi connectivity index (χ2n) is 6.60. The van der Waals surface area contributed by atoms with E-state index in [0.717, 1.165) is 31.2 Å². The SMILES string of the molecule is CNC(C)(CCCN1CCC(C(C)C)CC1)C(=O)OC. The van der Waals surface area contributed by atoms with Gasteiger partial charge < -0.3 is 15.0 Å². The predicted molar refractivity (Wildman–Crippen MR) is 82.7 cm³/mol. The third-order valence-corrected chi connectivity index (χ3v) is 4.91. The smallest absolute Gasteiger partial charge is 0.325 e. The van der Waals surface area contributed by atoms with E-state index in [-0.39, 0.29) is 5.97 Å².